The van der Waals surface area contributed by atoms with E-state index in [1.54, 1.807) is 42.5 Å². The molecular weight excluding hydrogens is 412 g/mol. The van der Waals surface area contributed by atoms with Gasteiger partial charge in [0.05, 0.1) is 15.5 Å². The standard InChI is InChI=1S/C21H17ClN2O4S/c1-14(25)15-5-4-6-17(13-15)24-29(27,28)18-11-9-16(10-12-18)23-21(26)19-7-2-3-8-20(19)22/h2-13,24H,1H3,(H,23,26). The number of Topliss-reactive ketones (excluding diaryl/α,β-unsaturated/α-hetero) is 1. The van der Waals surface area contributed by atoms with E-state index in [9.17, 15) is 18.0 Å². The summed E-state index contributed by atoms with van der Waals surface area (Å²) in [7, 11) is -3.86. The molecule has 0 spiro atoms. The molecule has 0 unspecified atom stereocenters. The first-order valence-corrected chi connectivity index (χ1v) is 10.4. The third-order valence-electron chi connectivity index (χ3n) is 4.06. The molecule has 1 amide bonds. The molecule has 0 bridgehead atoms. The fourth-order valence-electron chi connectivity index (χ4n) is 2.58. The number of sulfonamides is 1. The van der Waals surface area contributed by atoms with Crippen LogP contribution in [0.5, 0.6) is 0 Å². The number of hydrogen-bond acceptors (Lipinski definition) is 4. The summed E-state index contributed by atoms with van der Waals surface area (Å²) in [6, 6.07) is 18.6. The lowest BCUT2D eigenvalue weighted by molar-refractivity contribution is 0.101. The molecule has 0 saturated heterocycles. The topological polar surface area (TPSA) is 92.3 Å². The highest BCUT2D eigenvalue weighted by Crippen LogP contribution is 2.21. The fourth-order valence-corrected chi connectivity index (χ4v) is 3.85. The summed E-state index contributed by atoms with van der Waals surface area (Å²) in [5.41, 5.74) is 1.43. The van der Waals surface area contributed by atoms with Gasteiger partial charge in [-0.2, -0.15) is 0 Å². The predicted molar refractivity (Wildman–Crippen MR) is 113 cm³/mol. The van der Waals surface area contributed by atoms with Gasteiger partial charge >= 0.3 is 0 Å². The maximum absolute atomic E-state index is 12.6. The molecule has 8 heteroatoms. The molecule has 0 atom stereocenters. The van der Waals surface area contributed by atoms with Gasteiger partial charge < -0.3 is 5.32 Å². The van der Waals surface area contributed by atoms with Crippen molar-refractivity contribution >= 4 is 44.7 Å². The number of ketones is 1. The zero-order valence-corrected chi connectivity index (χ0v) is 16.9. The molecule has 0 aromatic heterocycles. The van der Waals surface area contributed by atoms with Gasteiger partial charge in [0.1, 0.15) is 0 Å². The number of rotatable bonds is 6. The van der Waals surface area contributed by atoms with E-state index in [1.807, 2.05) is 0 Å². The van der Waals surface area contributed by atoms with Crippen molar-refractivity contribution < 1.29 is 18.0 Å². The Bertz CT molecular complexity index is 1180. The van der Waals surface area contributed by atoms with Crippen molar-refractivity contribution in [2.45, 2.75) is 11.8 Å². The molecule has 0 saturated carbocycles. The van der Waals surface area contributed by atoms with E-state index in [4.69, 9.17) is 11.6 Å². The van der Waals surface area contributed by atoms with Crippen LogP contribution >= 0.6 is 11.6 Å². The van der Waals surface area contributed by atoms with Gasteiger partial charge in [0, 0.05) is 16.9 Å². The van der Waals surface area contributed by atoms with Crippen molar-refractivity contribution in [3.8, 4) is 0 Å². The third-order valence-corrected chi connectivity index (χ3v) is 5.79. The van der Waals surface area contributed by atoms with Gasteiger partial charge in [-0.05, 0) is 55.5 Å². The van der Waals surface area contributed by atoms with Gasteiger partial charge in [0.2, 0.25) is 0 Å². The number of carbonyl (C=O) groups is 2. The minimum Gasteiger partial charge on any atom is -0.322 e. The average Bonchev–Trinajstić information content (AvgIpc) is 2.68. The molecule has 0 radical (unpaired) electrons. The average molecular weight is 429 g/mol. The molecule has 0 heterocycles. The van der Waals surface area contributed by atoms with Crippen LogP contribution in [0.15, 0.2) is 77.7 Å². The maximum Gasteiger partial charge on any atom is 0.261 e. The quantitative estimate of drug-likeness (QED) is 0.561. The normalized spacial score (nSPS) is 11.0. The molecule has 3 rings (SSSR count). The molecule has 6 nitrogen and oxygen atoms in total. The van der Waals surface area contributed by atoms with Gasteiger partial charge in [-0.3, -0.25) is 14.3 Å². The Morgan fingerprint density at radius 2 is 1.55 bits per heavy atom. The van der Waals surface area contributed by atoms with Gasteiger partial charge in [-0.25, -0.2) is 8.42 Å². The summed E-state index contributed by atoms with van der Waals surface area (Å²) in [5, 5.41) is 2.99. The molecular formula is C21H17ClN2O4S. The number of halogens is 1. The van der Waals surface area contributed by atoms with Crippen molar-refractivity contribution in [3.05, 3.63) is 88.9 Å². The van der Waals surface area contributed by atoms with Gasteiger partial charge in [-0.1, -0.05) is 35.9 Å². The van der Waals surface area contributed by atoms with Crippen molar-refractivity contribution in [3.63, 3.8) is 0 Å². The zero-order chi connectivity index (χ0) is 21.0. The number of nitrogens with one attached hydrogen (secondary N) is 2. The Hall–Kier alpha value is -3.16. The van der Waals surface area contributed by atoms with Crippen LogP contribution in [0.3, 0.4) is 0 Å². The Morgan fingerprint density at radius 3 is 2.21 bits per heavy atom. The van der Waals surface area contributed by atoms with E-state index in [-0.39, 0.29) is 16.4 Å². The van der Waals surface area contributed by atoms with Gasteiger partial charge in [-0.15, -0.1) is 0 Å². The summed E-state index contributed by atoms with van der Waals surface area (Å²) in [6.45, 7) is 1.41. The number of amides is 1. The minimum absolute atomic E-state index is 0.0153. The number of anilines is 2. The van der Waals surface area contributed by atoms with Gasteiger partial charge in [0.15, 0.2) is 5.78 Å². The van der Waals surface area contributed by atoms with E-state index in [0.717, 1.165) is 0 Å². The Kier molecular flexibility index (Phi) is 6.00. The SMILES string of the molecule is CC(=O)c1cccc(NS(=O)(=O)c2ccc(NC(=O)c3ccccc3Cl)cc2)c1. The lowest BCUT2D eigenvalue weighted by atomic mass is 10.1. The van der Waals surface area contributed by atoms with E-state index in [2.05, 4.69) is 10.0 Å². The molecule has 0 fully saturated rings. The fraction of sp³-hybridized carbons (Fsp3) is 0.0476. The first kappa shape index (κ1) is 20.6. The first-order valence-electron chi connectivity index (χ1n) is 8.56. The van der Waals surface area contributed by atoms with Crippen molar-refractivity contribution in [1.82, 2.24) is 0 Å². The maximum atomic E-state index is 12.6. The Morgan fingerprint density at radius 1 is 0.862 bits per heavy atom. The molecule has 3 aromatic rings. The highest BCUT2D eigenvalue weighted by molar-refractivity contribution is 7.92. The first-order chi connectivity index (χ1) is 13.8. The van der Waals surface area contributed by atoms with Crippen LogP contribution < -0.4 is 10.0 Å². The lowest BCUT2D eigenvalue weighted by Crippen LogP contribution is -2.14. The third kappa shape index (κ3) is 5.01. The van der Waals surface area contributed by atoms with E-state index >= 15 is 0 Å². The number of benzene rings is 3. The summed E-state index contributed by atoms with van der Waals surface area (Å²) in [5.74, 6) is -0.560. The highest BCUT2D eigenvalue weighted by Gasteiger charge is 2.16. The van der Waals surface area contributed by atoms with Crippen LogP contribution in [-0.2, 0) is 10.0 Å². The predicted octanol–water partition coefficient (Wildman–Crippen LogP) is 4.60. The summed E-state index contributed by atoms with van der Waals surface area (Å²) in [6.07, 6.45) is 0. The molecule has 2 N–H and O–H groups in total. The second-order valence-corrected chi connectivity index (χ2v) is 8.29. The molecule has 148 valence electrons. The van der Waals surface area contributed by atoms with Crippen LogP contribution in [0, 0.1) is 0 Å². The van der Waals surface area contributed by atoms with Crippen molar-refractivity contribution in [2.24, 2.45) is 0 Å². The van der Waals surface area contributed by atoms with Crippen molar-refractivity contribution in [2.75, 3.05) is 10.0 Å². The van der Waals surface area contributed by atoms with E-state index in [0.29, 0.717) is 21.8 Å². The van der Waals surface area contributed by atoms with Crippen molar-refractivity contribution in [1.29, 1.82) is 0 Å². The molecule has 29 heavy (non-hydrogen) atoms. The molecule has 0 aliphatic heterocycles. The highest BCUT2D eigenvalue weighted by atomic mass is 35.5. The van der Waals surface area contributed by atoms with Crippen LogP contribution in [0.25, 0.3) is 0 Å². The summed E-state index contributed by atoms with van der Waals surface area (Å²) >= 11 is 6.01. The van der Waals surface area contributed by atoms with E-state index < -0.39 is 15.9 Å². The molecule has 3 aromatic carbocycles. The van der Waals surface area contributed by atoms with Crippen LogP contribution in [0.4, 0.5) is 11.4 Å². The monoisotopic (exact) mass is 428 g/mol. The molecule has 0 aliphatic carbocycles. The number of carbonyl (C=O) groups excluding carboxylic acids is 2. The van der Waals surface area contributed by atoms with Crippen LogP contribution in [-0.4, -0.2) is 20.1 Å². The minimum atomic E-state index is -3.86. The van der Waals surface area contributed by atoms with Crippen LogP contribution in [0.2, 0.25) is 5.02 Å². The second-order valence-electron chi connectivity index (χ2n) is 6.20. The summed E-state index contributed by atoms with van der Waals surface area (Å²) in [4.78, 5) is 23.8. The Balaban J connectivity index is 1.75. The Labute approximate surface area is 173 Å². The van der Waals surface area contributed by atoms with E-state index in [1.165, 1.54) is 37.3 Å². The largest absolute Gasteiger partial charge is 0.322 e. The number of hydrogen-bond donors (Lipinski definition) is 2. The molecule has 0 aliphatic rings. The zero-order valence-electron chi connectivity index (χ0n) is 15.3. The second kappa shape index (κ2) is 8.46. The summed E-state index contributed by atoms with van der Waals surface area (Å²) < 4.78 is 27.6. The van der Waals surface area contributed by atoms with Gasteiger partial charge in [0.25, 0.3) is 15.9 Å². The smallest absolute Gasteiger partial charge is 0.261 e. The van der Waals surface area contributed by atoms with Crippen LogP contribution in [0.1, 0.15) is 27.6 Å². The lowest BCUT2D eigenvalue weighted by Gasteiger charge is -2.10.